The van der Waals surface area contributed by atoms with Gasteiger partial charge in [0, 0.05) is 43.3 Å². The second-order valence-corrected chi connectivity index (χ2v) is 9.54. The number of piperazine rings is 1. The van der Waals surface area contributed by atoms with Crippen molar-refractivity contribution in [3.63, 3.8) is 0 Å². The van der Waals surface area contributed by atoms with E-state index in [1.54, 1.807) is 13.3 Å². The minimum Gasteiger partial charge on any atom is -0.481 e. The fourth-order valence-electron chi connectivity index (χ4n) is 4.84. The third-order valence-electron chi connectivity index (χ3n) is 6.19. The van der Waals surface area contributed by atoms with Crippen LogP contribution in [-0.2, 0) is 4.74 Å². The van der Waals surface area contributed by atoms with E-state index in [9.17, 15) is 4.79 Å². The SMILES string of the molecule is COc1cc(-c2cc3c(N4CC5CCC(C4)N5C(=O)OC(C)(C)C)ccnn3c2)ccn1. The predicted octanol–water partition coefficient (Wildman–Crippen LogP) is 3.99. The van der Waals surface area contributed by atoms with Crippen LogP contribution in [-0.4, -0.2) is 63.5 Å². The van der Waals surface area contributed by atoms with Gasteiger partial charge in [0.05, 0.1) is 30.4 Å². The number of nitrogens with zero attached hydrogens (tertiary/aromatic N) is 5. The quantitative estimate of drug-likeness (QED) is 0.619. The summed E-state index contributed by atoms with van der Waals surface area (Å²) < 4.78 is 12.9. The van der Waals surface area contributed by atoms with Gasteiger partial charge in [0.15, 0.2) is 0 Å². The van der Waals surface area contributed by atoms with E-state index in [0.29, 0.717) is 5.88 Å². The number of hydrogen-bond donors (Lipinski definition) is 0. The Balaban J connectivity index is 1.42. The average molecular weight is 436 g/mol. The highest BCUT2D eigenvalue weighted by molar-refractivity contribution is 5.80. The number of pyridine rings is 1. The van der Waals surface area contributed by atoms with Crippen molar-refractivity contribution in [3.05, 3.63) is 42.9 Å². The number of anilines is 1. The van der Waals surface area contributed by atoms with E-state index in [2.05, 4.69) is 27.1 Å². The first kappa shape index (κ1) is 20.6. The molecule has 8 nitrogen and oxygen atoms in total. The lowest BCUT2D eigenvalue weighted by Gasteiger charge is -2.42. The molecule has 0 spiro atoms. The molecular formula is C24H29N5O3. The van der Waals surface area contributed by atoms with Crippen LogP contribution >= 0.6 is 0 Å². The highest BCUT2D eigenvalue weighted by Crippen LogP contribution is 2.36. The largest absolute Gasteiger partial charge is 0.481 e. The fraction of sp³-hybridized carbons (Fsp3) is 0.458. The topological polar surface area (TPSA) is 72.2 Å². The van der Waals surface area contributed by atoms with E-state index in [0.717, 1.165) is 48.3 Å². The van der Waals surface area contributed by atoms with Crippen LogP contribution in [0.5, 0.6) is 5.88 Å². The zero-order valence-corrected chi connectivity index (χ0v) is 19.0. The van der Waals surface area contributed by atoms with Crippen molar-refractivity contribution in [2.24, 2.45) is 0 Å². The Labute approximate surface area is 187 Å². The molecule has 0 radical (unpaired) electrons. The Morgan fingerprint density at radius 1 is 1.06 bits per heavy atom. The van der Waals surface area contributed by atoms with Gasteiger partial charge in [0.2, 0.25) is 5.88 Å². The van der Waals surface area contributed by atoms with Crippen LogP contribution in [0.15, 0.2) is 42.9 Å². The number of methoxy groups -OCH3 is 1. The van der Waals surface area contributed by atoms with Gasteiger partial charge in [-0.2, -0.15) is 5.10 Å². The first-order valence-electron chi connectivity index (χ1n) is 11.1. The summed E-state index contributed by atoms with van der Waals surface area (Å²) in [5.41, 5.74) is 3.78. The monoisotopic (exact) mass is 435 g/mol. The lowest BCUT2D eigenvalue weighted by atomic mass is 10.1. The van der Waals surface area contributed by atoms with Crippen molar-refractivity contribution >= 4 is 17.3 Å². The van der Waals surface area contributed by atoms with Crippen molar-refractivity contribution < 1.29 is 14.3 Å². The number of ether oxygens (including phenoxy) is 2. The van der Waals surface area contributed by atoms with Gasteiger partial charge in [-0.05, 0) is 57.4 Å². The summed E-state index contributed by atoms with van der Waals surface area (Å²) in [7, 11) is 1.62. The first-order chi connectivity index (χ1) is 15.3. The minimum atomic E-state index is -0.483. The van der Waals surface area contributed by atoms with Crippen molar-refractivity contribution in [2.45, 2.75) is 51.3 Å². The second kappa shape index (κ2) is 7.69. The van der Waals surface area contributed by atoms with E-state index < -0.39 is 5.60 Å². The molecule has 0 N–H and O–H groups in total. The molecule has 2 atom stereocenters. The highest BCUT2D eigenvalue weighted by Gasteiger charge is 2.44. The summed E-state index contributed by atoms with van der Waals surface area (Å²) in [5.74, 6) is 0.584. The third kappa shape index (κ3) is 3.74. The molecule has 2 aliphatic rings. The van der Waals surface area contributed by atoms with Gasteiger partial charge >= 0.3 is 6.09 Å². The molecule has 5 rings (SSSR count). The number of carbonyl (C=O) groups excluding carboxylic acids is 1. The summed E-state index contributed by atoms with van der Waals surface area (Å²) in [5, 5.41) is 4.52. The van der Waals surface area contributed by atoms with Crippen LogP contribution in [0.4, 0.5) is 10.5 Å². The lowest BCUT2D eigenvalue weighted by Crippen LogP contribution is -2.56. The Morgan fingerprint density at radius 3 is 2.50 bits per heavy atom. The first-order valence-corrected chi connectivity index (χ1v) is 11.1. The number of amides is 1. The van der Waals surface area contributed by atoms with E-state index in [-0.39, 0.29) is 18.2 Å². The smallest absolute Gasteiger partial charge is 0.410 e. The Hall–Kier alpha value is -3.29. The maximum Gasteiger partial charge on any atom is 0.410 e. The molecule has 3 aromatic rings. The normalized spacial score (nSPS) is 20.6. The molecule has 2 unspecified atom stereocenters. The van der Waals surface area contributed by atoms with Crippen molar-refractivity contribution in [2.75, 3.05) is 25.1 Å². The van der Waals surface area contributed by atoms with Crippen molar-refractivity contribution in [3.8, 4) is 17.0 Å². The van der Waals surface area contributed by atoms with Crippen LogP contribution < -0.4 is 9.64 Å². The van der Waals surface area contributed by atoms with E-state index >= 15 is 0 Å². The predicted molar refractivity (Wildman–Crippen MR) is 122 cm³/mol. The maximum absolute atomic E-state index is 12.8. The molecule has 32 heavy (non-hydrogen) atoms. The number of carbonyl (C=O) groups is 1. The maximum atomic E-state index is 12.8. The summed E-state index contributed by atoms with van der Waals surface area (Å²) in [4.78, 5) is 21.3. The van der Waals surface area contributed by atoms with E-state index in [1.807, 2.05) is 54.7 Å². The zero-order valence-electron chi connectivity index (χ0n) is 19.0. The van der Waals surface area contributed by atoms with Crippen LogP contribution in [0, 0.1) is 0 Å². The zero-order chi connectivity index (χ0) is 22.5. The average Bonchev–Trinajstić information content (AvgIpc) is 3.31. The number of aromatic nitrogens is 3. The molecule has 2 fully saturated rings. The number of fused-ring (bicyclic) bond motifs is 3. The molecular weight excluding hydrogens is 406 g/mol. The minimum absolute atomic E-state index is 0.163. The van der Waals surface area contributed by atoms with Crippen molar-refractivity contribution in [1.29, 1.82) is 0 Å². The molecule has 8 heteroatoms. The third-order valence-corrected chi connectivity index (χ3v) is 6.19. The Bertz CT molecular complexity index is 1140. The summed E-state index contributed by atoms with van der Waals surface area (Å²) in [6, 6.07) is 8.44. The van der Waals surface area contributed by atoms with Crippen LogP contribution in [0.2, 0.25) is 0 Å². The standard InChI is InChI=1S/C24H29N5O3/c1-24(2,3)32-23(30)29-18-5-6-19(29)15-27(14-18)20-8-10-26-28-13-17(11-21(20)28)16-7-9-25-22(12-16)31-4/h7-13,18-19H,5-6,14-15H2,1-4H3. The fourth-order valence-corrected chi connectivity index (χ4v) is 4.84. The van der Waals surface area contributed by atoms with Crippen molar-refractivity contribution in [1.82, 2.24) is 19.5 Å². The van der Waals surface area contributed by atoms with Gasteiger partial charge in [-0.25, -0.2) is 14.3 Å². The summed E-state index contributed by atoms with van der Waals surface area (Å²) in [6.45, 7) is 7.33. The van der Waals surface area contributed by atoms with Gasteiger partial charge in [-0.15, -0.1) is 0 Å². The van der Waals surface area contributed by atoms with Gasteiger partial charge < -0.3 is 14.4 Å². The van der Waals surface area contributed by atoms with Crippen LogP contribution in [0.3, 0.4) is 0 Å². The van der Waals surface area contributed by atoms with Gasteiger partial charge in [-0.1, -0.05) is 0 Å². The highest BCUT2D eigenvalue weighted by atomic mass is 16.6. The lowest BCUT2D eigenvalue weighted by molar-refractivity contribution is 0.0123. The molecule has 0 saturated carbocycles. The molecule has 1 amide bonds. The summed E-state index contributed by atoms with van der Waals surface area (Å²) >= 11 is 0. The number of rotatable bonds is 3. The Morgan fingerprint density at radius 2 is 1.81 bits per heavy atom. The molecule has 0 aromatic carbocycles. The van der Waals surface area contributed by atoms with Gasteiger partial charge in [-0.3, -0.25) is 4.90 Å². The number of hydrogen-bond acceptors (Lipinski definition) is 6. The molecule has 2 aliphatic heterocycles. The van der Waals surface area contributed by atoms with Crippen LogP contribution in [0.25, 0.3) is 16.6 Å². The second-order valence-electron chi connectivity index (χ2n) is 9.54. The van der Waals surface area contributed by atoms with E-state index in [4.69, 9.17) is 9.47 Å². The molecule has 0 aliphatic carbocycles. The van der Waals surface area contributed by atoms with Crippen LogP contribution in [0.1, 0.15) is 33.6 Å². The van der Waals surface area contributed by atoms with Gasteiger partial charge in [0.1, 0.15) is 5.60 Å². The molecule has 168 valence electrons. The molecule has 2 saturated heterocycles. The Kier molecular flexibility index (Phi) is 4.95. The molecule has 2 bridgehead atoms. The van der Waals surface area contributed by atoms with E-state index in [1.165, 1.54) is 0 Å². The molecule has 3 aromatic heterocycles. The van der Waals surface area contributed by atoms with Gasteiger partial charge in [0.25, 0.3) is 0 Å². The summed E-state index contributed by atoms with van der Waals surface area (Å²) in [6.07, 6.45) is 7.43. The molecule has 5 heterocycles.